The molecule has 0 aliphatic heterocycles. The molecule has 1 heterocycles. The molecule has 19 heavy (non-hydrogen) atoms. The molecule has 1 aromatic heterocycles. The largest absolute Gasteiger partial charge is 0.462 e. The highest BCUT2D eigenvalue weighted by Gasteiger charge is 2.20. The summed E-state index contributed by atoms with van der Waals surface area (Å²) >= 11 is 0. The van der Waals surface area contributed by atoms with Gasteiger partial charge in [-0.25, -0.2) is 0 Å². The van der Waals surface area contributed by atoms with E-state index < -0.39 is 0 Å². The Morgan fingerprint density at radius 3 is 2.74 bits per heavy atom. The summed E-state index contributed by atoms with van der Waals surface area (Å²) in [5.41, 5.74) is 1.32. The zero-order valence-corrected chi connectivity index (χ0v) is 12.7. The van der Waals surface area contributed by atoms with E-state index in [4.69, 9.17) is 9.15 Å². The van der Waals surface area contributed by atoms with Crippen molar-refractivity contribution in [2.75, 3.05) is 6.61 Å². The average molecular weight is 265 g/mol. The normalized spacial score (nSPS) is 16.0. The number of rotatable bonds is 7. The Bertz CT molecular complexity index is 399. The minimum Gasteiger partial charge on any atom is -0.462 e. The second-order valence-corrected chi connectivity index (χ2v) is 6.71. The highest BCUT2D eigenvalue weighted by atomic mass is 16.5. The third kappa shape index (κ3) is 5.37. The Morgan fingerprint density at radius 2 is 2.11 bits per heavy atom. The van der Waals surface area contributed by atoms with E-state index >= 15 is 0 Å². The van der Waals surface area contributed by atoms with Crippen molar-refractivity contribution in [2.24, 2.45) is 5.92 Å². The summed E-state index contributed by atoms with van der Waals surface area (Å²) in [6, 6.07) is 2.09. The molecule has 108 valence electrons. The molecular formula is C16H27NO2. The van der Waals surface area contributed by atoms with E-state index in [1.165, 1.54) is 24.8 Å². The summed E-state index contributed by atoms with van der Waals surface area (Å²) in [4.78, 5) is 0. The predicted octanol–water partition coefficient (Wildman–Crippen LogP) is 3.79. The standard InChI is InChI=1S/C16H27NO2/c1-12-9-14(11-18-8-7-13-5-6-13)19-15(12)10-17-16(2,3)4/h9,13,17H,5-8,10-11H2,1-4H3. The van der Waals surface area contributed by atoms with Gasteiger partial charge in [0.1, 0.15) is 18.1 Å². The summed E-state index contributed by atoms with van der Waals surface area (Å²) in [5.74, 6) is 2.90. The van der Waals surface area contributed by atoms with Gasteiger partial charge in [-0.3, -0.25) is 0 Å². The van der Waals surface area contributed by atoms with Crippen molar-refractivity contribution in [1.29, 1.82) is 0 Å². The molecule has 2 rings (SSSR count). The van der Waals surface area contributed by atoms with Gasteiger partial charge in [-0.15, -0.1) is 0 Å². The lowest BCUT2D eigenvalue weighted by Crippen LogP contribution is -2.35. The van der Waals surface area contributed by atoms with Crippen molar-refractivity contribution in [1.82, 2.24) is 5.32 Å². The third-order valence-corrected chi connectivity index (χ3v) is 3.46. The Morgan fingerprint density at radius 1 is 1.37 bits per heavy atom. The van der Waals surface area contributed by atoms with Crippen LogP contribution in [0.1, 0.15) is 57.1 Å². The molecule has 0 atom stereocenters. The third-order valence-electron chi connectivity index (χ3n) is 3.46. The van der Waals surface area contributed by atoms with Crippen LogP contribution in [0.15, 0.2) is 10.5 Å². The molecule has 0 bridgehead atoms. The Hall–Kier alpha value is -0.800. The van der Waals surface area contributed by atoms with Crippen LogP contribution in [0.5, 0.6) is 0 Å². The molecule has 1 saturated carbocycles. The van der Waals surface area contributed by atoms with Gasteiger partial charge < -0.3 is 14.5 Å². The van der Waals surface area contributed by atoms with Crippen LogP contribution in [0.2, 0.25) is 0 Å². The number of hydrogen-bond acceptors (Lipinski definition) is 3. The molecule has 3 nitrogen and oxygen atoms in total. The van der Waals surface area contributed by atoms with E-state index in [-0.39, 0.29) is 5.54 Å². The summed E-state index contributed by atoms with van der Waals surface area (Å²) < 4.78 is 11.5. The second kappa shape index (κ2) is 6.10. The van der Waals surface area contributed by atoms with E-state index in [1.807, 2.05) is 0 Å². The van der Waals surface area contributed by atoms with E-state index in [0.29, 0.717) is 6.61 Å². The van der Waals surface area contributed by atoms with Crippen LogP contribution in [0, 0.1) is 12.8 Å². The number of hydrogen-bond donors (Lipinski definition) is 1. The first-order valence-electron chi connectivity index (χ1n) is 7.35. The Labute approximate surface area is 116 Å². The molecule has 3 heteroatoms. The SMILES string of the molecule is Cc1cc(COCCC2CC2)oc1CNC(C)(C)C. The topological polar surface area (TPSA) is 34.4 Å². The molecule has 1 N–H and O–H groups in total. The number of nitrogens with one attached hydrogen (secondary N) is 1. The fourth-order valence-electron chi connectivity index (χ4n) is 2.01. The molecule has 0 spiro atoms. The van der Waals surface area contributed by atoms with Crippen molar-refractivity contribution >= 4 is 0 Å². The first kappa shape index (κ1) is 14.6. The summed E-state index contributed by atoms with van der Waals surface area (Å²) in [5, 5.41) is 3.45. The molecule has 0 amide bonds. The van der Waals surface area contributed by atoms with Crippen molar-refractivity contribution in [3.05, 3.63) is 23.2 Å². The van der Waals surface area contributed by atoms with Gasteiger partial charge in [-0.2, -0.15) is 0 Å². The molecule has 0 aromatic carbocycles. The van der Waals surface area contributed by atoms with E-state index in [1.54, 1.807) is 0 Å². The molecule has 0 radical (unpaired) electrons. The summed E-state index contributed by atoms with van der Waals surface area (Å²) in [7, 11) is 0. The van der Waals surface area contributed by atoms with Crippen molar-refractivity contribution in [3.8, 4) is 0 Å². The maximum Gasteiger partial charge on any atom is 0.130 e. The fourth-order valence-corrected chi connectivity index (χ4v) is 2.01. The van der Waals surface area contributed by atoms with Gasteiger partial charge in [0, 0.05) is 12.1 Å². The van der Waals surface area contributed by atoms with Crippen LogP contribution >= 0.6 is 0 Å². The molecule has 1 aliphatic carbocycles. The number of ether oxygens (including phenoxy) is 1. The van der Waals surface area contributed by atoms with E-state index in [2.05, 4.69) is 39.1 Å². The Balaban J connectivity index is 1.74. The highest BCUT2D eigenvalue weighted by Crippen LogP contribution is 2.32. The number of furan rings is 1. The maximum atomic E-state index is 5.85. The van der Waals surface area contributed by atoms with Gasteiger partial charge in [0.2, 0.25) is 0 Å². The quantitative estimate of drug-likeness (QED) is 0.762. The lowest BCUT2D eigenvalue weighted by molar-refractivity contribution is 0.0998. The van der Waals surface area contributed by atoms with Crippen LogP contribution in [0.25, 0.3) is 0 Å². The zero-order chi connectivity index (χ0) is 13.9. The summed E-state index contributed by atoms with van der Waals surface area (Å²) in [6.07, 6.45) is 4.00. The number of aryl methyl sites for hydroxylation is 1. The van der Waals surface area contributed by atoms with E-state index in [0.717, 1.165) is 30.6 Å². The lowest BCUT2D eigenvalue weighted by Gasteiger charge is -2.19. The molecule has 0 unspecified atom stereocenters. The average Bonchev–Trinajstić information content (AvgIpc) is 3.06. The van der Waals surface area contributed by atoms with Gasteiger partial charge in [-0.05, 0) is 51.7 Å². The van der Waals surface area contributed by atoms with Crippen molar-refractivity contribution < 1.29 is 9.15 Å². The smallest absolute Gasteiger partial charge is 0.130 e. The fraction of sp³-hybridized carbons (Fsp3) is 0.750. The van der Waals surface area contributed by atoms with Gasteiger partial charge >= 0.3 is 0 Å². The zero-order valence-electron chi connectivity index (χ0n) is 12.7. The first-order valence-corrected chi connectivity index (χ1v) is 7.35. The molecule has 1 aliphatic rings. The van der Waals surface area contributed by atoms with Crippen LogP contribution in [0.3, 0.4) is 0 Å². The van der Waals surface area contributed by atoms with Crippen LogP contribution < -0.4 is 5.32 Å². The minimum atomic E-state index is 0.111. The van der Waals surface area contributed by atoms with E-state index in [9.17, 15) is 0 Å². The molecular weight excluding hydrogens is 238 g/mol. The van der Waals surface area contributed by atoms with Crippen LogP contribution in [-0.2, 0) is 17.9 Å². The monoisotopic (exact) mass is 265 g/mol. The predicted molar refractivity (Wildman–Crippen MR) is 77.0 cm³/mol. The van der Waals surface area contributed by atoms with Crippen LogP contribution in [0.4, 0.5) is 0 Å². The lowest BCUT2D eigenvalue weighted by atomic mass is 10.1. The van der Waals surface area contributed by atoms with Gasteiger partial charge in [0.05, 0.1) is 6.54 Å². The molecule has 1 aromatic rings. The second-order valence-electron chi connectivity index (χ2n) is 6.71. The maximum absolute atomic E-state index is 5.85. The molecule has 0 saturated heterocycles. The van der Waals surface area contributed by atoms with Crippen LogP contribution in [-0.4, -0.2) is 12.1 Å². The highest BCUT2D eigenvalue weighted by molar-refractivity contribution is 5.19. The van der Waals surface area contributed by atoms with Crippen molar-refractivity contribution in [2.45, 2.75) is 65.6 Å². The Kier molecular flexibility index (Phi) is 4.69. The minimum absolute atomic E-state index is 0.111. The van der Waals surface area contributed by atoms with Crippen molar-refractivity contribution in [3.63, 3.8) is 0 Å². The first-order chi connectivity index (χ1) is 8.94. The van der Waals surface area contributed by atoms with Gasteiger partial charge in [-0.1, -0.05) is 12.8 Å². The van der Waals surface area contributed by atoms with Gasteiger partial charge in [0.15, 0.2) is 0 Å². The summed E-state index contributed by atoms with van der Waals surface area (Å²) in [6.45, 7) is 10.8. The molecule has 1 fully saturated rings. The van der Waals surface area contributed by atoms with Gasteiger partial charge in [0.25, 0.3) is 0 Å².